The summed E-state index contributed by atoms with van der Waals surface area (Å²) in [7, 11) is 1.58. The van der Waals surface area contributed by atoms with Gasteiger partial charge in [-0.3, -0.25) is 10.2 Å². The van der Waals surface area contributed by atoms with Gasteiger partial charge in [-0.2, -0.15) is 0 Å². The van der Waals surface area contributed by atoms with Crippen LogP contribution >= 0.6 is 0 Å². The van der Waals surface area contributed by atoms with E-state index in [1.807, 2.05) is 0 Å². The number of halogens is 1. The van der Waals surface area contributed by atoms with E-state index in [0.717, 1.165) is 0 Å². The van der Waals surface area contributed by atoms with Crippen LogP contribution in [-0.4, -0.2) is 13.0 Å². The number of hydrogen-bond donors (Lipinski definition) is 2. The zero-order valence-electron chi connectivity index (χ0n) is 7.30. The predicted molar refractivity (Wildman–Crippen MR) is 47.3 cm³/mol. The summed E-state index contributed by atoms with van der Waals surface area (Å²) in [5.41, 5.74) is 5.25. The molecule has 0 saturated carbocycles. The Morgan fingerprint density at radius 2 is 2.15 bits per heavy atom. The van der Waals surface area contributed by atoms with Crippen LogP contribution in [0.4, 0.5) is 4.39 Å². The van der Waals surface area contributed by atoms with Gasteiger partial charge in [0.05, 0.1) is 6.42 Å². The van der Waals surface area contributed by atoms with Gasteiger partial charge in [0.25, 0.3) is 0 Å². The van der Waals surface area contributed by atoms with Crippen LogP contribution in [0.5, 0.6) is 0 Å². The van der Waals surface area contributed by atoms with Crippen LogP contribution in [-0.2, 0) is 11.2 Å². The molecule has 2 N–H and O–H groups in total. The van der Waals surface area contributed by atoms with Crippen LogP contribution in [0.3, 0.4) is 0 Å². The zero-order chi connectivity index (χ0) is 9.68. The molecule has 0 heterocycles. The first-order valence-corrected chi connectivity index (χ1v) is 3.93. The van der Waals surface area contributed by atoms with E-state index in [-0.39, 0.29) is 18.1 Å². The summed E-state index contributed by atoms with van der Waals surface area (Å²) in [6.45, 7) is 0. The summed E-state index contributed by atoms with van der Waals surface area (Å²) < 4.78 is 13.0. The van der Waals surface area contributed by atoms with Crippen molar-refractivity contribution >= 4 is 5.91 Å². The fourth-order valence-electron chi connectivity index (χ4n) is 0.998. The van der Waals surface area contributed by atoms with E-state index >= 15 is 0 Å². The first-order chi connectivity index (χ1) is 6.24. The second kappa shape index (κ2) is 4.57. The molecule has 0 spiro atoms. The fourth-order valence-corrected chi connectivity index (χ4v) is 0.998. The van der Waals surface area contributed by atoms with Gasteiger partial charge in [0.1, 0.15) is 5.82 Å². The SMILES string of the molecule is CNNC(=O)Cc1ccccc1F. The third-order valence-corrected chi connectivity index (χ3v) is 1.57. The molecule has 0 saturated heterocycles. The molecule has 1 aromatic carbocycles. The molecule has 0 radical (unpaired) electrons. The molecule has 4 heteroatoms. The van der Waals surface area contributed by atoms with Gasteiger partial charge in [-0.25, -0.2) is 9.82 Å². The first-order valence-electron chi connectivity index (χ1n) is 3.93. The fraction of sp³-hybridized carbons (Fsp3) is 0.222. The van der Waals surface area contributed by atoms with Crippen LogP contribution in [0.15, 0.2) is 24.3 Å². The number of carbonyl (C=O) groups is 1. The lowest BCUT2D eigenvalue weighted by Crippen LogP contribution is -2.35. The zero-order valence-corrected chi connectivity index (χ0v) is 7.30. The Hall–Kier alpha value is -1.42. The average Bonchev–Trinajstić information content (AvgIpc) is 2.09. The molecule has 70 valence electrons. The molecular formula is C9H11FN2O. The van der Waals surface area contributed by atoms with Crippen LogP contribution in [0, 0.1) is 5.82 Å². The smallest absolute Gasteiger partial charge is 0.238 e. The minimum atomic E-state index is -0.353. The molecule has 1 aromatic rings. The van der Waals surface area contributed by atoms with Gasteiger partial charge in [0, 0.05) is 7.05 Å². The van der Waals surface area contributed by atoms with E-state index in [0.29, 0.717) is 5.56 Å². The van der Waals surface area contributed by atoms with Crippen molar-refractivity contribution in [2.75, 3.05) is 7.05 Å². The summed E-state index contributed by atoms with van der Waals surface area (Å²) in [6, 6.07) is 6.21. The Balaban J connectivity index is 2.63. The normalized spacial score (nSPS) is 9.69. The molecule has 0 fully saturated rings. The molecule has 0 unspecified atom stereocenters. The number of hydrogen-bond acceptors (Lipinski definition) is 2. The highest BCUT2D eigenvalue weighted by molar-refractivity contribution is 5.78. The van der Waals surface area contributed by atoms with E-state index in [1.165, 1.54) is 6.07 Å². The summed E-state index contributed by atoms with van der Waals surface area (Å²) in [4.78, 5) is 11.0. The Morgan fingerprint density at radius 1 is 1.46 bits per heavy atom. The molecule has 1 rings (SSSR count). The van der Waals surface area contributed by atoms with Gasteiger partial charge in [0.2, 0.25) is 5.91 Å². The number of rotatable bonds is 3. The van der Waals surface area contributed by atoms with Crippen molar-refractivity contribution in [3.8, 4) is 0 Å². The lowest BCUT2D eigenvalue weighted by molar-refractivity contribution is -0.121. The van der Waals surface area contributed by atoms with Crippen molar-refractivity contribution in [3.63, 3.8) is 0 Å². The Bertz CT molecular complexity index is 301. The number of hydrazine groups is 1. The van der Waals surface area contributed by atoms with Crippen molar-refractivity contribution in [2.24, 2.45) is 0 Å². The van der Waals surface area contributed by atoms with Crippen molar-refractivity contribution in [3.05, 3.63) is 35.6 Å². The third kappa shape index (κ3) is 2.83. The molecular weight excluding hydrogens is 171 g/mol. The largest absolute Gasteiger partial charge is 0.292 e. The van der Waals surface area contributed by atoms with Crippen LogP contribution in [0.2, 0.25) is 0 Å². The molecule has 0 aliphatic carbocycles. The van der Waals surface area contributed by atoms with E-state index in [4.69, 9.17) is 0 Å². The van der Waals surface area contributed by atoms with Crippen molar-refractivity contribution in [2.45, 2.75) is 6.42 Å². The minimum absolute atomic E-state index is 0.0491. The summed E-state index contributed by atoms with van der Waals surface area (Å²) >= 11 is 0. The lowest BCUT2D eigenvalue weighted by atomic mass is 10.1. The van der Waals surface area contributed by atoms with E-state index in [2.05, 4.69) is 10.9 Å². The van der Waals surface area contributed by atoms with Crippen molar-refractivity contribution in [1.29, 1.82) is 0 Å². The van der Waals surface area contributed by atoms with E-state index < -0.39 is 0 Å². The Kier molecular flexibility index (Phi) is 3.40. The van der Waals surface area contributed by atoms with Gasteiger partial charge in [-0.05, 0) is 11.6 Å². The third-order valence-electron chi connectivity index (χ3n) is 1.57. The summed E-state index contributed by atoms with van der Waals surface area (Å²) in [5.74, 6) is -0.610. The average molecular weight is 182 g/mol. The maximum absolute atomic E-state index is 13.0. The molecule has 0 aliphatic heterocycles. The standard InChI is InChI=1S/C9H11FN2O/c1-11-12-9(13)6-7-4-2-3-5-8(7)10/h2-5,11H,6H2,1H3,(H,12,13). The monoisotopic (exact) mass is 182 g/mol. The van der Waals surface area contributed by atoms with Crippen molar-refractivity contribution < 1.29 is 9.18 Å². The molecule has 0 bridgehead atoms. The second-order valence-corrected chi connectivity index (χ2v) is 2.57. The molecule has 0 atom stereocenters. The Labute approximate surface area is 75.9 Å². The quantitative estimate of drug-likeness (QED) is 0.673. The minimum Gasteiger partial charge on any atom is -0.292 e. The van der Waals surface area contributed by atoms with Gasteiger partial charge in [-0.15, -0.1) is 0 Å². The second-order valence-electron chi connectivity index (χ2n) is 2.57. The van der Waals surface area contributed by atoms with Crippen molar-refractivity contribution in [1.82, 2.24) is 10.9 Å². The van der Waals surface area contributed by atoms with Gasteiger partial charge in [-0.1, -0.05) is 18.2 Å². The van der Waals surface area contributed by atoms with Crippen LogP contribution in [0.1, 0.15) is 5.56 Å². The lowest BCUT2D eigenvalue weighted by Gasteiger charge is -2.03. The molecule has 0 aliphatic rings. The molecule has 13 heavy (non-hydrogen) atoms. The summed E-state index contributed by atoms with van der Waals surface area (Å²) in [5, 5.41) is 0. The highest BCUT2D eigenvalue weighted by Crippen LogP contribution is 2.06. The predicted octanol–water partition coefficient (Wildman–Crippen LogP) is 0.619. The van der Waals surface area contributed by atoms with Gasteiger partial charge in [0.15, 0.2) is 0 Å². The number of carbonyl (C=O) groups excluding carboxylic acids is 1. The Morgan fingerprint density at radius 3 is 2.77 bits per heavy atom. The van der Waals surface area contributed by atoms with Crippen LogP contribution in [0.25, 0.3) is 0 Å². The van der Waals surface area contributed by atoms with Gasteiger partial charge >= 0.3 is 0 Å². The van der Waals surface area contributed by atoms with E-state index in [9.17, 15) is 9.18 Å². The number of nitrogens with one attached hydrogen (secondary N) is 2. The highest BCUT2D eigenvalue weighted by atomic mass is 19.1. The molecule has 0 aromatic heterocycles. The maximum atomic E-state index is 13.0. The van der Waals surface area contributed by atoms with E-state index in [1.54, 1.807) is 25.2 Å². The topological polar surface area (TPSA) is 41.1 Å². The molecule has 3 nitrogen and oxygen atoms in total. The maximum Gasteiger partial charge on any atom is 0.238 e. The summed E-state index contributed by atoms with van der Waals surface area (Å²) in [6.07, 6.45) is 0.0491. The first kappa shape index (κ1) is 9.67. The highest BCUT2D eigenvalue weighted by Gasteiger charge is 2.05. The number of benzene rings is 1. The van der Waals surface area contributed by atoms with Crippen LogP contribution < -0.4 is 10.9 Å². The van der Waals surface area contributed by atoms with Gasteiger partial charge < -0.3 is 0 Å². The molecule has 1 amide bonds. The number of amides is 1.